The molecule has 1 unspecified atom stereocenters. The number of carboxylic acids is 1. The molecule has 0 saturated carbocycles. The van der Waals surface area contributed by atoms with Crippen LogP contribution in [0, 0.1) is 0 Å². The smallest absolute Gasteiger partial charge is 0.325 e. The average molecular weight is 249 g/mol. The van der Waals surface area contributed by atoms with Crippen LogP contribution in [0.4, 0.5) is 0 Å². The molecule has 0 aliphatic rings. The van der Waals surface area contributed by atoms with E-state index in [4.69, 9.17) is 9.84 Å². The summed E-state index contributed by atoms with van der Waals surface area (Å²) in [6, 6.07) is 8.40. The molecule has 2 N–H and O–H groups in total. The zero-order chi connectivity index (χ0) is 13.4. The summed E-state index contributed by atoms with van der Waals surface area (Å²) in [5, 5.41) is 12.1. The highest BCUT2D eigenvalue weighted by Crippen LogP contribution is 2.12. The van der Waals surface area contributed by atoms with Gasteiger partial charge in [0.2, 0.25) is 0 Å². The number of hydrogen-bond donors (Lipinski definition) is 2. The van der Waals surface area contributed by atoms with E-state index in [1.54, 1.807) is 12.1 Å². The second-order valence-corrected chi connectivity index (χ2v) is 4.15. The molecule has 4 nitrogen and oxygen atoms in total. The lowest BCUT2D eigenvalue weighted by molar-refractivity contribution is -0.139. The number of hydrogen-bond acceptors (Lipinski definition) is 3. The van der Waals surface area contributed by atoms with Crippen molar-refractivity contribution in [3.63, 3.8) is 0 Å². The molecule has 0 fully saturated rings. The first-order valence-electron chi connectivity index (χ1n) is 5.84. The number of aliphatic carboxylic acids is 1. The second-order valence-electron chi connectivity index (χ2n) is 4.15. The lowest BCUT2D eigenvalue weighted by Gasteiger charge is -2.14. The standard InChI is InChI=1S/C14H19NO3/c1-11(2)10-18-9-8-15-13(14(16)17)12-6-4-3-5-7-12/h3-7,13,15H,1,8-10H2,2H3,(H,16,17). The summed E-state index contributed by atoms with van der Waals surface area (Å²) in [7, 11) is 0. The van der Waals surface area contributed by atoms with E-state index in [0.717, 1.165) is 11.1 Å². The monoisotopic (exact) mass is 249 g/mol. The fourth-order valence-corrected chi connectivity index (χ4v) is 1.52. The Morgan fingerprint density at radius 3 is 2.67 bits per heavy atom. The molecule has 0 bridgehead atoms. The Morgan fingerprint density at radius 2 is 2.11 bits per heavy atom. The number of ether oxygens (including phenoxy) is 1. The van der Waals surface area contributed by atoms with Crippen LogP contribution in [-0.4, -0.2) is 30.8 Å². The van der Waals surface area contributed by atoms with Crippen molar-refractivity contribution in [1.82, 2.24) is 5.32 Å². The van der Waals surface area contributed by atoms with Gasteiger partial charge in [0.15, 0.2) is 0 Å². The molecule has 0 saturated heterocycles. The lowest BCUT2D eigenvalue weighted by Crippen LogP contribution is -2.31. The molecule has 0 spiro atoms. The third kappa shape index (κ3) is 5.12. The van der Waals surface area contributed by atoms with Crippen molar-refractivity contribution in [3.05, 3.63) is 48.0 Å². The average Bonchev–Trinajstić information content (AvgIpc) is 2.34. The Morgan fingerprint density at radius 1 is 1.44 bits per heavy atom. The first-order valence-corrected chi connectivity index (χ1v) is 5.84. The fourth-order valence-electron chi connectivity index (χ4n) is 1.52. The Bertz CT molecular complexity index is 389. The minimum Gasteiger partial charge on any atom is -0.480 e. The van der Waals surface area contributed by atoms with Gasteiger partial charge in [-0.1, -0.05) is 42.5 Å². The molecule has 0 radical (unpaired) electrons. The zero-order valence-corrected chi connectivity index (χ0v) is 10.6. The van der Waals surface area contributed by atoms with Crippen LogP contribution in [-0.2, 0) is 9.53 Å². The van der Waals surface area contributed by atoms with Crippen molar-refractivity contribution < 1.29 is 14.6 Å². The quantitative estimate of drug-likeness (QED) is 0.546. The SMILES string of the molecule is C=C(C)COCCNC(C(=O)O)c1ccccc1. The van der Waals surface area contributed by atoms with E-state index in [0.29, 0.717) is 19.8 Å². The molecule has 4 heteroatoms. The van der Waals surface area contributed by atoms with Crippen LogP contribution in [0.2, 0.25) is 0 Å². The van der Waals surface area contributed by atoms with E-state index < -0.39 is 12.0 Å². The number of benzene rings is 1. The fraction of sp³-hybridized carbons (Fsp3) is 0.357. The summed E-state index contributed by atoms with van der Waals surface area (Å²) in [6.45, 7) is 7.06. The molecule has 0 amide bonds. The van der Waals surface area contributed by atoms with Crippen LogP contribution >= 0.6 is 0 Å². The highest BCUT2D eigenvalue weighted by atomic mass is 16.5. The second kappa shape index (κ2) is 7.63. The van der Waals surface area contributed by atoms with Crippen LogP contribution in [0.1, 0.15) is 18.5 Å². The molecule has 1 aromatic rings. The highest BCUT2D eigenvalue weighted by Gasteiger charge is 2.17. The van der Waals surface area contributed by atoms with Gasteiger partial charge < -0.3 is 9.84 Å². The molecule has 1 atom stereocenters. The van der Waals surface area contributed by atoms with Crippen molar-refractivity contribution in [1.29, 1.82) is 0 Å². The molecule has 0 aliphatic carbocycles. The van der Waals surface area contributed by atoms with Gasteiger partial charge in [0.1, 0.15) is 6.04 Å². The van der Waals surface area contributed by atoms with E-state index in [2.05, 4.69) is 11.9 Å². The van der Waals surface area contributed by atoms with Gasteiger partial charge in [-0.25, -0.2) is 0 Å². The van der Waals surface area contributed by atoms with Crippen molar-refractivity contribution in [2.75, 3.05) is 19.8 Å². The van der Waals surface area contributed by atoms with E-state index in [9.17, 15) is 4.79 Å². The molecule has 0 aliphatic heterocycles. The van der Waals surface area contributed by atoms with Crippen LogP contribution < -0.4 is 5.32 Å². The summed E-state index contributed by atoms with van der Waals surface area (Å²) in [6.07, 6.45) is 0. The van der Waals surface area contributed by atoms with Gasteiger partial charge in [-0.2, -0.15) is 0 Å². The molecule has 1 aromatic carbocycles. The molecule has 18 heavy (non-hydrogen) atoms. The summed E-state index contributed by atoms with van der Waals surface area (Å²) in [4.78, 5) is 11.2. The third-order valence-corrected chi connectivity index (χ3v) is 2.32. The Kier molecular flexibility index (Phi) is 6.11. The topological polar surface area (TPSA) is 58.6 Å². The molecule has 0 heterocycles. The normalized spacial score (nSPS) is 12.1. The van der Waals surface area contributed by atoms with E-state index in [1.165, 1.54) is 0 Å². The molecule has 0 aromatic heterocycles. The molecular weight excluding hydrogens is 230 g/mol. The third-order valence-electron chi connectivity index (χ3n) is 2.32. The van der Waals surface area contributed by atoms with Crippen molar-refractivity contribution in [3.8, 4) is 0 Å². The van der Waals surface area contributed by atoms with Crippen LogP contribution in [0.25, 0.3) is 0 Å². The largest absolute Gasteiger partial charge is 0.480 e. The number of nitrogens with one attached hydrogen (secondary N) is 1. The van der Waals surface area contributed by atoms with Gasteiger partial charge in [-0.05, 0) is 12.5 Å². The summed E-state index contributed by atoms with van der Waals surface area (Å²) < 4.78 is 5.31. The van der Waals surface area contributed by atoms with Crippen LogP contribution in [0.5, 0.6) is 0 Å². The first kappa shape index (κ1) is 14.4. The highest BCUT2D eigenvalue weighted by molar-refractivity contribution is 5.75. The van der Waals surface area contributed by atoms with Gasteiger partial charge in [-0.15, -0.1) is 0 Å². The van der Waals surface area contributed by atoms with Crippen molar-refractivity contribution in [2.45, 2.75) is 13.0 Å². The maximum atomic E-state index is 11.2. The van der Waals surface area contributed by atoms with Crippen molar-refractivity contribution >= 4 is 5.97 Å². The van der Waals surface area contributed by atoms with Gasteiger partial charge in [0, 0.05) is 6.54 Å². The Labute approximate surface area is 107 Å². The zero-order valence-electron chi connectivity index (χ0n) is 10.6. The summed E-state index contributed by atoms with van der Waals surface area (Å²) in [5.41, 5.74) is 1.69. The number of rotatable bonds is 8. The maximum Gasteiger partial charge on any atom is 0.325 e. The van der Waals surface area contributed by atoms with E-state index >= 15 is 0 Å². The van der Waals surface area contributed by atoms with Crippen LogP contribution in [0.15, 0.2) is 42.5 Å². The predicted octanol–water partition coefficient (Wildman–Crippen LogP) is 1.99. The van der Waals surface area contributed by atoms with Crippen molar-refractivity contribution in [2.24, 2.45) is 0 Å². The summed E-state index contributed by atoms with van der Waals surface area (Å²) in [5.74, 6) is -0.888. The molecule has 98 valence electrons. The van der Waals surface area contributed by atoms with E-state index in [1.807, 2.05) is 25.1 Å². The minimum absolute atomic E-state index is 0.462. The summed E-state index contributed by atoms with van der Waals surface area (Å²) >= 11 is 0. The molecular formula is C14H19NO3. The lowest BCUT2D eigenvalue weighted by atomic mass is 10.1. The predicted molar refractivity (Wildman–Crippen MR) is 70.5 cm³/mol. The minimum atomic E-state index is -0.888. The number of carboxylic acid groups (broad SMARTS) is 1. The molecule has 1 rings (SSSR count). The number of carbonyl (C=O) groups is 1. The van der Waals surface area contributed by atoms with Gasteiger partial charge in [0.05, 0.1) is 13.2 Å². The van der Waals surface area contributed by atoms with Crippen LogP contribution in [0.3, 0.4) is 0 Å². The Balaban J connectivity index is 2.41. The van der Waals surface area contributed by atoms with Gasteiger partial charge in [0.25, 0.3) is 0 Å². The van der Waals surface area contributed by atoms with E-state index in [-0.39, 0.29) is 0 Å². The Hall–Kier alpha value is -1.65. The van der Waals surface area contributed by atoms with Gasteiger partial charge >= 0.3 is 5.97 Å². The maximum absolute atomic E-state index is 11.2. The van der Waals surface area contributed by atoms with Gasteiger partial charge in [-0.3, -0.25) is 10.1 Å². The first-order chi connectivity index (χ1) is 8.61.